The maximum atomic E-state index is 2.59. The number of rotatable bonds is 1. The molecular formula is C27H23N2+. The Kier molecular flexibility index (Phi) is 2.75. The predicted octanol–water partition coefficient (Wildman–Crippen LogP) is 5.59. The first kappa shape index (κ1) is 15.8. The summed E-state index contributed by atoms with van der Waals surface area (Å²) in [5.41, 5.74) is 14.2. The monoisotopic (exact) mass is 375 g/mol. The minimum absolute atomic E-state index is 1.01. The normalized spacial score (nSPS) is 14.3. The number of benzene rings is 3. The van der Waals surface area contributed by atoms with Crippen LogP contribution < -0.4 is 4.40 Å². The summed E-state index contributed by atoms with van der Waals surface area (Å²) in [4.78, 5) is 0. The molecule has 7 rings (SSSR count). The SMILES string of the molecule is Cc1cccc(C)c1-c1cc2c3c(c1)c1cccc4c1c1n(c(C)c([n+]31)CC2)C4. The third kappa shape index (κ3) is 1.76. The lowest BCUT2D eigenvalue weighted by molar-refractivity contribution is -0.492. The van der Waals surface area contributed by atoms with Crippen LogP contribution in [0.2, 0.25) is 0 Å². The van der Waals surface area contributed by atoms with Gasteiger partial charge in [0.1, 0.15) is 17.8 Å². The number of aromatic nitrogens is 2. The number of pyridine rings is 1. The summed E-state index contributed by atoms with van der Waals surface area (Å²) in [6, 6.07) is 18.5. The molecule has 0 fully saturated rings. The number of hydrogen-bond acceptors (Lipinski definition) is 0. The maximum absolute atomic E-state index is 2.59. The minimum Gasteiger partial charge on any atom is -0.222 e. The molecule has 2 heteroatoms. The summed E-state index contributed by atoms with van der Waals surface area (Å²) >= 11 is 0. The minimum atomic E-state index is 1.01. The first-order valence-corrected chi connectivity index (χ1v) is 10.6. The van der Waals surface area contributed by atoms with Crippen molar-refractivity contribution < 1.29 is 4.40 Å². The van der Waals surface area contributed by atoms with E-state index in [1.807, 2.05) is 0 Å². The van der Waals surface area contributed by atoms with Crippen molar-refractivity contribution in [3.63, 3.8) is 0 Å². The Morgan fingerprint density at radius 3 is 2.45 bits per heavy atom. The molecule has 0 N–H and O–H groups in total. The lowest BCUT2D eigenvalue weighted by atomic mass is 9.89. The molecule has 0 amide bonds. The van der Waals surface area contributed by atoms with E-state index in [2.05, 4.69) is 78.3 Å². The number of hydrogen-bond donors (Lipinski definition) is 0. The summed E-state index contributed by atoms with van der Waals surface area (Å²) in [7, 11) is 0. The van der Waals surface area contributed by atoms with Crippen molar-refractivity contribution in [1.29, 1.82) is 0 Å². The van der Waals surface area contributed by atoms with Crippen molar-refractivity contribution in [2.75, 3.05) is 0 Å². The highest BCUT2D eigenvalue weighted by molar-refractivity contribution is 6.13. The molecule has 0 saturated carbocycles. The van der Waals surface area contributed by atoms with Gasteiger partial charge >= 0.3 is 0 Å². The summed E-state index contributed by atoms with van der Waals surface area (Å²) in [5.74, 6) is 0. The highest BCUT2D eigenvalue weighted by Gasteiger charge is 2.36. The van der Waals surface area contributed by atoms with Gasteiger partial charge < -0.3 is 0 Å². The van der Waals surface area contributed by atoms with Crippen LogP contribution in [-0.2, 0) is 19.4 Å². The predicted molar refractivity (Wildman–Crippen MR) is 119 cm³/mol. The van der Waals surface area contributed by atoms with Gasteiger partial charge in [-0.2, -0.15) is 4.40 Å². The fourth-order valence-corrected chi connectivity index (χ4v) is 6.11. The number of fused-ring (bicyclic) bond motifs is 1. The summed E-state index contributed by atoms with van der Waals surface area (Å²) in [6.45, 7) is 7.79. The van der Waals surface area contributed by atoms with Gasteiger partial charge in [0.05, 0.1) is 5.39 Å². The van der Waals surface area contributed by atoms with Gasteiger partial charge in [0, 0.05) is 35.2 Å². The Morgan fingerprint density at radius 1 is 0.828 bits per heavy atom. The van der Waals surface area contributed by atoms with E-state index in [0.29, 0.717) is 0 Å². The Balaban J connectivity index is 1.74. The van der Waals surface area contributed by atoms with Gasteiger partial charge in [-0.05, 0) is 54.7 Å². The zero-order valence-electron chi connectivity index (χ0n) is 17.1. The van der Waals surface area contributed by atoms with E-state index < -0.39 is 0 Å². The molecule has 2 aliphatic rings. The second kappa shape index (κ2) is 5.07. The lowest BCUT2D eigenvalue weighted by Crippen LogP contribution is -2.31. The molecule has 0 radical (unpaired) electrons. The van der Waals surface area contributed by atoms with Crippen LogP contribution in [0.15, 0.2) is 48.5 Å². The average Bonchev–Trinajstić information content (AvgIpc) is 3.23. The lowest BCUT2D eigenvalue weighted by Gasteiger charge is -2.17. The van der Waals surface area contributed by atoms with Gasteiger partial charge in [0.15, 0.2) is 5.69 Å². The molecule has 2 nitrogen and oxygen atoms in total. The number of nitrogens with zero attached hydrogens (tertiary/aromatic N) is 2. The standard InChI is InChI=1S/C27H23N2/c1-15-6-4-7-16(2)24(15)20-12-18-10-11-23-17(3)28-14-19-8-5-9-21-22(13-20)26(18)29(23)27(28)25(19)21/h4-9,12-13H,10-11,14H2,1-3H3/q+1. The van der Waals surface area contributed by atoms with Crippen LogP contribution >= 0.6 is 0 Å². The fourth-order valence-electron chi connectivity index (χ4n) is 6.11. The van der Waals surface area contributed by atoms with E-state index >= 15 is 0 Å². The topological polar surface area (TPSA) is 9.03 Å². The Bertz CT molecular complexity index is 1530. The van der Waals surface area contributed by atoms with E-state index in [4.69, 9.17) is 0 Å². The smallest absolute Gasteiger partial charge is 0.222 e. The van der Waals surface area contributed by atoms with Gasteiger partial charge in [-0.3, -0.25) is 0 Å². The van der Waals surface area contributed by atoms with Crippen LogP contribution in [0, 0.1) is 20.8 Å². The van der Waals surface area contributed by atoms with E-state index in [0.717, 1.165) is 19.4 Å². The summed E-state index contributed by atoms with van der Waals surface area (Å²) in [6.07, 6.45) is 2.26. The van der Waals surface area contributed by atoms with Crippen molar-refractivity contribution in [3.8, 4) is 11.1 Å². The highest BCUT2D eigenvalue weighted by Crippen LogP contribution is 2.40. The van der Waals surface area contributed by atoms with Crippen molar-refractivity contribution in [1.82, 2.24) is 4.57 Å². The first-order valence-electron chi connectivity index (χ1n) is 10.6. The summed E-state index contributed by atoms with van der Waals surface area (Å²) in [5, 5.41) is 4.28. The molecule has 4 heterocycles. The highest BCUT2D eigenvalue weighted by atomic mass is 15.2. The quantitative estimate of drug-likeness (QED) is 0.262. The van der Waals surface area contributed by atoms with Crippen LogP contribution in [0.3, 0.4) is 0 Å². The van der Waals surface area contributed by atoms with Gasteiger partial charge in [0.2, 0.25) is 0 Å². The molecule has 0 aliphatic carbocycles. The first-order chi connectivity index (χ1) is 14.1. The van der Waals surface area contributed by atoms with E-state index in [1.165, 1.54) is 72.1 Å². The van der Waals surface area contributed by atoms with Gasteiger partial charge in [-0.25, -0.2) is 4.57 Å². The van der Waals surface area contributed by atoms with Crippen LogP contribution in [0.5, 0.6) is 0 Å². The number of imidazole rings is 1. The third-order valence-corrected chi connectivity index (χ3v) is 7.37. The molecule has 0 saturated heterocycles. The Labute approximate surface area is 170 Å². The van der Waals surface area contributed by atoms with Crippen LogP contribution in [0.25, 0.3) is 38.4 Å². The molecule has 2 aromatic heterocycles. The Morgan fingerprint density at radius 2 is 1.62 bits per heavy atom. The summed E-state index contributed by atoms with van der Waals surface area (Å²) < 4.78 is 5.14. The van der Waals surface area contributed by atoms with Crippen molar-refractivity contribution in [2.24, 2.45) is 0 Å². The molecule has 5 aromatic rings. The maximum Gasteiger partial charge on any atom is 0.295 e. The Hall–Kier alpha value is -3.13. The molecule has 0 spiro atoms. The number of aryl methyl sites for hydroxylation is 4. The third-order valence-electron chi connectivity index (χ3n) is 7.37. The molecular weight excluding hydrogens is 352 g/mol. The van der Waals surface area contributed by atoms with Crippen molar-refractivity contribution >= 4 is 27.3 Å². The van der Waals surface area contributed by atoms with Crippen LogP contribution in [-0.4, -0.2) is 4.57 Å². The molecule has 3 aromatic carbocycles. The molecule has 0 atom stereocenters. The molecule has 0 bridgehead atoms. The van der Waals surface area contributed by atoms with E-state index in [9.17, 15) is 0 Å². The van der Waals surface area contributed by atoms with E-state index in [1.54, 1.807) is 0 Å². The average molecular weight is 375 g/mol. The van der Waals surface area contributed by atoms with Gasteiger partial charge in [-0.1, -0.05) is 36.4 Å². The second-order valence-corrected chi connectivity index (χ2v) is 8.92. The van der Waals surface area contributed by atoms with Crippen molar-refractivity contribution in [3.05, 3.63) is 82.2 Å². The zero-order chi connectivity index (χ0) is 19.4. The fraction of sp³-hybridized carbons (Fsp3) is 0.222. The molecule has 140 valence electrons. The van der Waals surface area contributed by atoms with Crippen LogP contribution in [0.1, 0.15) is 33.6 Å². The largest absolute Gasteiger partial charge is 0.295 e. The zero-order valence-corrected chi connectivity index (χ0v) is 17.1. The van der Waals surface area contributed by atoms with Gasteiger partial charge in [0.25, 0.3) is 5.65 Å². The molecule has 29 heavy (non-hydrogen) atoms. The van der Waals surface area contributed by atoms with Gasteiger partial charge in [-0.15, -0.1) is 0 Å². The molecule has 0 unspecified atom stereocenters. The van der Waals surface area contributed by atoms with Crippen LogP contribution in [0.4, 0.5) is 0 Å². The van der Waals surface area contributed by atoms with E-state index in [-0.39, 0.29) is 0 Å². The van der Waals surface area contributed by atoms with Crippen molar-refractivity contribution in [2.45, 2.75) is 40.2 Å². The molecule has 2 aliphatic heterocycles. The second-order valence-electron chi connectivity index (χ2n) is 8.92.